The Morgan fingerprint density at radius 1 is 1.29 bits per heavy atom. The minimum Gasteiger partial charge on any atom is -0.390 e. The van der Waals surface area contributed by atoms with Crippen molar-refractivity contribution in [2.75, 3.05) is 21.1 Å². The van der Waals surface area contributed by atoms with Crippen LogP contribution in [0.1, 0.15) is 5.56 Å². The van der Waals surface area contributed by atoms with E-state index in [1.807, 2.05) is 30.3 Å². The first kappa shape index (κ1) is 13.0. The molecule has 5 nitrogen and oxygen atoms in total. The summed E-state index contributed by atoms with van der Waals surface area (Å²) in [5.74, 6) is 0. The summed E-state index contributed by atoms with van der Waals surface area (Å²) in [5, 5.41) is 3.72. The zero-order chi connectivity index (χ0) is 12.7. The van der Waals surface area contributed by atoms with E-state index < -0.39 is 0 Å². The fraction of sp³-hybridized carbons (Fsp3) is 0.333. The summed E-state index contributed by atoms with van der Waals surface area (Å²) in [7, 11) is 4.98. The smallest absolute Gasteiger partial charge is 0.324 e. The molecule has 0 aromatic heterocycles. The first-order chi connectivity index (χ1) is 8.11. The molecule has 0 unspecified atom stereocenters. The number of oxime groups is 1. The quantitative estimate of drug-likeness (QED) is 0.453. The van der Waals surface area contributed by atoms with Gasteiger partial charge in [-0.3, -0.25) is 4.90 Å². The van der Waals surface area contributed by atoms with Gasteiger partial charge < -0.3 is 9.74 Å². The average molecular weight is 235 g/mol. The van der Waals surface area contributed by atoms with Crippen molar-refractivity contribution in [1.29, 1.82) is 0 Å². The topological polar surface area (TPSA) is 45.1 Å². The van der Waals surface area contributed by atoms with E-state index in [9.17, 15) is 4.79 Å². The molecule has 0 fully saturated rings. The molecule has 0 aliphatic heterocycles. The molecule has 1 rings (SSSR count). The minimum atomic E-state index is -0.155. The van der Waals surface area contributed by atoms with E-state index in [1.165, 1.54) is 16.1 Å². The van der Waals surface area contributed by atoms with Crippen LogP contribution in [0.5, 0.6) is 0 Å². The number of nitrogens with zero attached hydrogens (tertiary/aromatic N) is 3. The van der Waals surface area contributed by atoms with E-state index in [0.29, 0.717) is 6.61 Å². The molecule has 0 saturated carbocycles. The number of benzene rings is 1. The summed E-state index contributed by atoms with van der Waals surface area (Å²) in [6, 6.07) is 9.55. The second kappa shape index (κ2) is 6.52. The van der Waals surface area contributed by atoms with Gasteiger partial charge in [0.15, 0.2) is 0 Å². The standard InChI is InChI=1S/C12H17N3O2/c1-14(2)12(16)15(3)10-13-17-9-11-7-5-4-6-8-11/h4-8,10H,9H2,1-3H3/b13-10+. The molecule has 0 N–H and O–H groups in total. The third kappa shape index (κ3) is 4.55. The molecule has 0 aliphatic carbocycles. The van der Waals surface area contributed by atoms with Gasteiger partial charge in [0.2, 0.25) is 0 Å². The lowest BCUT2D eigenvalue weighted by Gasteiger charge is -2.16. The van der Waals surface area contributed by atoms with Gasteiger partial charge in [0, 0.05) is 21.1 Å². The van der Waals surface area contributed by atoms with Gasteiger partial charge in [-0.15, -0.1) is 0 Å². The first-order valence-electron chi connectivity index (χ1n) is 5.24. The number of hydrogen-bond acceptors (Lipinski definition) is 3. The van der Waals surface area contributed by atoms with Crippen LogP contribution >= 0.6 is 0 Å². The van der Waals surface area contributed by atoms with Gasteiger partial charge in [-0.25, -0.2) is 4.79 Å². The van der Waals surface area contributed by atoms with Crippen LogP contribution in [0.15, 0.2) is 35.5 Å². The molecular weight excluding hydrogens is 218 g/mol. The maximum atomic E-state index is 11.4. The lowest BCUT2D eigenvalue weighted by atomic mass is 10.2. The molecule has 0 saturated heterocycles. The van der Waals surface area contributed by atoms with Crippen molar-refractivity contribution in [2.24, 2.45) is 5.16 Å². The zero-order valence-corrected chi connectivity index (χ0v) is 10.3. The van der Waals surface area contributed by atoms with Crippen LogP contribution in [0.2, 0.25) is 0 Å². The predicted molar refractivity (Wildman–Crippen MR) is 66.6 cm³/mol. The molecular formula is C12H17N3O2. The highest BCUT2D eigenvalue weighted by atomic mass is 16.6. The van der Waals surface area contributed by atoms with Crippen LogP contribution in [0.25, 0.3) is 0 Å². The lowest BCUT2D eigenvalue weighted by molar-refractivity contribution is 0.128. The van der Waals surface area contributed by atoms with E-state index in [2.05, 4.69) is 5.16 Å². The van der Waals surface area contributed by atoms with E-state index in [-0.39, 0.29) is 6.03 Å². The third-order valence-corrected chi connectivity index (χ3v) is 2.05. The fourth-order valence-electron chi connectivity index (χ4n) is 1.15. The van der Waals surface area contributed by atoms with Crippen molar-refractivity contribution in [1.82, 2.24) is 9.80 Å². The van der Waals surface area contributed by atoms with Gasteiger partial charge in [-0.2, -0.15) is 0 Å². The highest BCUT2D eigenvalue weighted by Gasteiger charge is 2.07. The molecule has 1 aromatic rings. The first-order valence-corrected chi connectivity index (χ1v) is 5.24. The summed E-state index contributed by atoms with van der Waals surface area (Å²) in [5.41, 5.74) is 1.03. The Labute approximate surface area is 101 Å². The fourth-order valence-corrected chi connectivity index (χ4v) is 1.15. The molecule has 0 aliphatic rings. The molecule has 0 atom stereocenters. The summed E-state index contributed by atoms with van der Waals surface area (Å²) in [4.78, 5) is 19.3. The van der Waals surface area contributed by atoms with Crippen LogP contribution in [-0.4, -0.2) is 43.3 Å². The summed E-state index contributed by atoms with van der Waals surface area (Å²) in [6.07, 6.45) is 1.35. The molecule has 17 heavy (non-hydrogen) atoms. The molecule has 1 aromatic carbocycles. The summed E-state index contributed by atoms with van der Waals surface area (Å²) in [6.45, 7) is 0.390. The van der Waals surface area contributed by atoms with Gasteiger partial charge in [0.1, 0.15) is 12.9 Å². The van der Waals surface area contributed by atoms with Crippen LogP contribution in [0, 0.1) is 0 Å². The molecule has 0 heterocycles. The van der Waals surface area contributed by atoms with Crippen LogP contribution in [-0.2, 0) is 11.4 Å². The van der Waals surface area contributed by atoms with Crippen LogP contribution in [0.4, 0.5) is 4.79 Å². The SMILES string of the molecule is CN(C)C(=O)N(C)/C=N/OCc1ccccc1. The number of amides is 2. The normalized spacial score (nSPS) is 10.3. The Morgan fingerprint density at radius 3 is 2.53 bits per heavy atom. The van der Waals surface area contributed by atoms with E-state index >= 15 is 0 Å². The largest absolute Gasteiger partial charge is 0.390 e. The minimum absolute atomic E-state index is 0.155. The molecule has 2 amide bonds. The summed E-state index contributed by atoms with van der Waals surface area (Å²) >= 11 is 0. The van der Waals surface area contributed by atoms with E-state index in [4.69, 9.17) is 4.84 Å². The maximum absolute atomic E-state index is 11.4. The van der Waals surface area contributed by atoms with Crippen molar-refractivity contribution >= 4 is 12.4 Å². The second-order valence-electron chi connectivity index (χ2n) is 3.77. The van der Waals surface area contributed by atoms with Gasteiger partial charge in [-0.1, -0.05) is 35.5 Å². The summed E-state index contributed by atoms with van der Waals surface area (Å²) < 4.78 is 0. The predicted octanol–water partition coefficient (Wildman–Crippen LogP) is 1.76. The number of carbonyl (C=O) groups is 1. The van der Waals surface area contributed by atoms with Crippen molar-refractivity contribution in [3.8, 4) is 0 Å². The molecule has 5 heteroatoms. The second-order valence-corrected chi connectivity index (χ2v) is 3.77. The van der Waals surface area contributed by atoms with Crippen molar-refractivity contribution in [2.45, 2.75) is 6.61 Å². The van der Waals surface area contributed by atoms with Gasteiger partial charge in [0.25, 0.3) is 0 Å². The van der Waals surface area contributed by atoms with Gasteiger partial charge >= 0.3 is 6.03 Å². The maximum Gasteiger partial charge on any atom is 0.324 e. The van der Waals surface area contributed by atoms with Crippen LogP contribution in [0.3, 0.4) is 0 Å². The van der Waals surface area contributed by atoms with Crippen molar-refractivity contribution < 1.29 is 9.63 Å². The van der Waals surface area contributed by atoms with Crippen LogP contribution < -0.4 is 0 Å². The number of urea groups is 1. The Balaban J connectivity index is 2.34. The molecule has 0 radical (unpaired) electrons. The Hall–Kier alpha value is -2.04. The molecule has 0 spiro atoms. The van der Waals surface area contributed by atoms with Gasteiger partial charge in [0.05, 0.1) is 0 Å². The van der Waals surface area contributed by atoms with Gasteiger partial charge in [-0.05, 0) is 5.56 Å². The average Bonchev–Trinajstić information content (AvgIpc) is 2.34. The zero-order valence-electron chi connectivity index (χ0n) is 10.3. The van der Waals surface area contributed by atoms with E-state index in [0.717, 1.165) is 5.56 Å². The van der Waals surface area contributed by atoms with E-state index in [1.54, 1.807) is 21.1 Å². The molecule has 0 bridgehead atoms. The highest BCUT2D eigenvalue weighted by molar-refractivity contribution is 5.85. The molecule has 92 valence electrons. The number of rotatable bonds is 4. The monoisotopic (exact) mass is 235 g/mol. The third-order valence-electron chi connectivity index (χ3n) is 2.05. The number of carbonyl (C=O) groups excluding carboxylic acids is 1. The highest BCUT2D eigenvalue weighted by Crippen LogP contribution is 2.00. The van der Waals surface area contributed by atoms with Crippen molar-refractivity contribution in [3.05, 3.63) is 35.9 Å². The Bertz CT molecular complexity index is 377. The Kier molecular flexibility index (Phi) is 5.00. The number of hydrogen-bond donors (Lipinski definition) is 0. The lowest BCUT2D eigenvalue weighted by Crippen LogP contribution is -2.35. The van der Waals surface area contributed by atoms with Crippen molar-refractivity contribution in [3.63, 3.8) is 0 Å². The Morgan fingerprint density at radius 2 is 1.94 bits per heavy atom.